The topological polar surface area (TPSA) is 82.7 Å². The Morgan fingerprint density at radius 1 is 1.11 bits per heavy atom. The summed E-state index contributed by atoms with van der Waals surface area (Å²) in [5.41, 5.74) is -1.51. The second-order valence-corrected chi connectivity index (χ2v) is 6.26. The smallest absolute Gasteiger partial charge is 0.211 e. The molecule has 0 heterocycles. The summed E-state index contributed by atoms with van der Waals surface area (Å²) < 4.78 is 0. The Morgan fingerprint density at radius 3 is 2.28 bits per heavy atom. The van der Waals surface area contributed by atoms with Gasteiger partial charge in [0.1, 0.15) is 0 Å². The minimum Gasteiger partial charge on any atom is -0.211 e. The van der Waals surface area contributed by atoms with Gasteiger partial charge in [0.15, 0.2) is 5.54 Å². The zero-order chi connectivity index (χ0) is 13.9. The first-order valence-electron chi connectivity index (χ1n) is 5.84. The van der Waals surface area contributed by atoms with Crippen molar-refractivity contribution < 1.29 is 9.59 Å². The van der Waals surface area contributed by atoms with Crippen molar-refractivity contribution in [1.29, 1.82) is 5.26 Å². The van der Waals surface area contributed by atoms with Gasteiger partial charge in [0.25, 0.3) is 0 Å². The highest BCUT2D eigenvalue weighted by Crippen LogP contribution is 2.51. The third kappa shape index (κ3) is 3.13. The van der Waals surface area contributed by atoms with Crippen LogP contribution in [-0.2, 0) is 9.59 Å². The van der Waals surface area contributed by atoms with Crippen LogP contribution in [0, 0.1) is 22.2 Å². The van der Waals surface area contributed by atoms with Crippen molar-refractivity contribution in [2.75, 3.05) is 6.54 Å². The summed E-state index contributed by atoms with van der Waals surface area (Å²) in [5, 5.41) is 9.33. The predicted molar refractivity (Wildman–Crippen MR) is 65.2 cm³/mol. The Kier molecular flexibility index (Phi) is 3.86. The van der Waals surface area contributed by atoms with Gasteiger partial charge in [0.05, 0.1) is 12.6 Å². The lowest BCUT2D eigenvalue weighted by molar-refractivity contribution is 0.0666. The first kappa shape index (κ1) is 14.3. The van der Waals surface area contributed by atoms with E-state index < -0.39 is 5.54 Å². The van der Waals surface area contributed by atoms with Gasteiger partial charge in [-0.3, -0.25) is 0 Å². The van der Waals surface area contributed by atoms with E-state index >= 15 is 0 Å². The summed E-state index contributed by atoms with van der Waals surface area (Å²) in [5.74, 6) is 0. The van der Waals surface area contributed by atoms with E-state index in [-0.39, 0.29) is 10.8 Å². The van der Waals surface area contributed by atoms with Gasteiger partial charge in [-0.2, -0.15) is 10.3 Å². The van der Waals surface area contributed by atoms with E-state index in [1.165, 1.54) is 12.2 Å². The third-order valence-corrected chi connectivity index (χ3v) is 3.39. The lowest BCUT2D eigenvalue weighted by Crippen LogP contribution is -2.46. The van der Waals surface area contributed by atoms with Crippen LogP contribution < -0.4 is 0 Å². The Labute approximate surface area is 107 Å². The molecule has 0 radical (unpaired) electrons. The average Bonchev–Trinajstić information content (AvgIpc) is 2.24. The van der Waals surface area contributed by atoms with Gasteiger partial charge in [-0.1, -0.05) is 20.8 Å². The number of isocyanates is 2. The van der Waals surface area contributed by atoms with Crippen LogP contribution >= 0.6 is 0 Å². The zero-order valence-electron chi connectivity index (χ0n) is 11.0. The quantitative estimate of drug-likeness (QED) is 0.565. The standard InChI is InChI=1S/C13H17N3O2/c1-11(2)4-12(3,8-15-9-17)6-13(5-11,7-14)16-10-18/h4-6,8H2,1-3H3. The fourth-order valence-corrected chi connectivity index (χ4v) is 3.45. The molecule has 5 nitrogen and oxygen atoms in total. The molecule has 0 bridgehead atoms. The fraction of sp³-hybridized carbons (Fsp3) is 0.769. The van der Waals surface area contributed by atoms with Gasteiger partial charge in [-0.15, -0.1) is 0 Å². The molecule has 0 saturated heterocycles. The van der Waals surface area contributed by atoms with Crippen LogP contribution in [0.2, 0.25) is 0 Å². The van der Waals surface area contributed by atoms with Gasteiger partial charge in [-0.25, -0.2) is 14.6 Å². The van der Waals surface area contributed by atoms with Crippen LogP contribution in [0.15, 0.2) is 9.98 Å². The second kappa shape index (κ2) is 4.86. The first-order valence-corrected chi connectivity index (χ1v) is 5.84. The minimum atomic E-state index is -1.04. The lowest BCUT2D eigenvalue weighted by Gasteiger charge is -2.47. The molecule has 0 amide bonds. The van der Waals surface area contributed by atoms with Crippen molar-refractivity contribution in [3.8, 4) is 6.07 Å². The van der Waals surface area contributed by atoms with Crippen molar-refractivity contribution in [1.82, 2.24) is 0 Å². The fourth-order valence-electron chi connectivity index (χ4n) is 3.45. The van der Waals surface area contributed by atoms with Gasteiger partial charge in [-0.05, 0) is 30.1 Å². The van der Waals surface area contributed by atoms with E-state index in [9.17, 15) is 14.9 Å². The van der Waals surface area contributed by atoms with Crippen molar-refractivity contribution in [3.05, 3.63) is 0 Å². The highest BCUT2D eigenvalue weighted by molar-refractivity contribution is 5.38. The molecular weight excluding hydrogens is 230 g/mol. The Hall–Kier alpha value is -1.75. The number of carbonyl (C=O) groups excluding carboxylic acids is 2. The van der Waals surface area contributed by atoms with Gasteiger partial charge < -0.3 is 0 Å². The van der Waals surface area contributed by atoms with Crippen LogP contribution in [0.25, 0.3) is 0 Å². The molecule has 1 saturated carbocycles. The van der Waals surface area contributed by atoms with Gasteiger partial charge >= 0.3 is 0 Å². The minimum absolute atomic E-state index is 0.137. The zero-order valence-corrected chi connectivity index (χ0v) is 11.0. The predicted octanol–water partition coefficient (Wildman–Crippen LogP) is 2.14. The van der Waals surface area contributed by atoms with Crippen LogP contribution in [0.3, 0.4) is 0 Å². The molecule has 1 rings (SSSR count). The molecule has 1 fully saturated rings. The summed E-state index contributed by atoms with van der Waals surface area (Å²) in [4.78, 5) is 28.2. The molecule has 0 spiro atoms. The van der Waals surface area contributed by atoms with Crippen LogP contribution in [0.5, 0.6) is 0 Å². The average molecular weight is 247 g/mol. The largest absolute Gasteiger partial charge is 0.236 e. The summed E-state index contributed by atoms with van der Waals surface area (Å²) >= 11 is 0. The van der Waals surface area contributed by atoms with E-state index in [1.54, 1.807) is 0 Å². The van der Waals surface area contributed by atoms with Crippen molar-refractivity contribution in [2.24, 2.45) is 20.8 Å². The number of hydrogen-bond acceptors (Lipinski definition) is 5. The van der Waals surface area contributed by atoms with Crippen LogP contribution in [0.4, 0.5) is 0 Å². The summed E-state index contributed by atoms with van der Waals surface area (Å²) in [6.45, 7) is 6.32. The van der Waals surface area contributed by atoms with E-state index in [2.05, 4.69) is 16.1 Å². The molecular formula is C13H17N3O2. The molecule has 0 aliphatic heterocycles. The van der Waals surface area contributed by atoms with E-state index in [0.29, 0.717) is 19.4 Å². The summed E-state index contributed by atoms with van der Waals surface area (Å²) in [7, 11) is 0. The second-order valence-electron chi connectivity index (χ2n) is 6.26. The van der Waals surface area contributed by atoms with E-state index in [4.69, 9.17) is 0 Å². The van der Waals surface area contributed by atoms with E-state index in [0.717, 1.165) is 6.42 Å². The molecule has 0 aromatic rings. The molecule has 5 heteroatoms. The normalized spacial score (nSPS) is 33.7. The molecule has 2 atom stereocenters. The highest BCUT2D eigenvalue weighted by Gasteiger charge is 2.50. The molecule has 96 valence electrons. The molecule has 0 N–H and O–H groups in total. The maximum absolute atomic E-state index is 10.5. The summed E-state index contributed by atoms with van der Waals surface area (Å²) in [6, 6.07) is 2.14. The molecule has 1 aliphatic carbocycles. The monoisotopic (exact) mass is 247 g/mol. The molecule has 0 aromatic heterocycles. The van der Waals surface area contributed by atoms with Gasteiger partial charge in [0, 0.05) is 0 Å². The number of nitrogens with zero attached hydrogens (tertiary/aromatic N) is 3. The third-order valence-electron chi connectivity index (χ3n) is 3.39. The molecule has 1 aliphatic rings. The number of aliphatic imine (C=N–C) groups is 2. The maximum atomic E-state index is 10.5. The van der Waals surface area contributed by atoms with Crippen LogP contribution in [-0.4, -0.2) is 24.2 Å². The van der Waals surface area contributed by atoms with Gasteiger partial charge in [0.2, 0.25) is 12.2 Å². The Balaban J connectivity index is 3.15. The number of nitriles is 1. The maximum Gasteiger partial charge on any atom is 0.236 e. The van der Waals surface area contributed by atoms with Crippen molar-refractivity contribution in [3.63, 3.8) is 0 Å². The van der Waals surface area contributed by atoms with Crippen molar-refractivity contribution >= 4 is 12.2 Å². The summed E-state index contributed by atoms with van der Waals surface area (Å²) in [6.07, 6.45) is 4.79. The number of hydrogen-bond donors (Lipinski definition) is 0. The number of rotatable bonds is 3. The molecule has 2 unspecified atom stereocenters. The van der Waals surface area contributed by atoms with Crippen molar-refractivity contribution in [2.45, 2.75) is 45.6 Å². The highest BCUT2D eigenvalue weighted by atomic mass is 16.1. The van der Waals surface area contributed by atoms with Crippen LogP contribution in [0.1, 0.15) is 40.0 Å². The van der Waals surface area contributed by atoms with E-state index in [1.807, 2.05) is 20.8 Å². The molecule has 0 aromatic carbocycles. The lowest BCUT2D eigenvalue weighted by atomic mass is 9.58. The molecule has 18 heavy (non-hydrogen) atoms. The first-order chi connectivity index (χ1) is 8.30. The Morgan fingerprint density at radius 2 is 1.78 bits per heavy atom. The Bertz CT molecular complexity index is 467. The SMILES string of the molecule is CC1(C)CC(C)(CN=C=O)CC(C#N)(N=C=O)C1.